The van der Waals surface area contributed by atoms with Crippen LogP contribution in [0.15, 0.2) is 11.6 Å². The largest absolute Gasteiger partial charge is 0.496 e. The second kappa shape index (κ2) is 10.6. The van der Waals surface area contributed by atoms with Crippen LogP contribution in [0.1, 0.15) is 46.8 Å². The van der Waals surface area contributed by atoms with E-state index < -0.39 is 48.6 Å². The van der Waals surface area contributed by atoms with Gasteiger partial charge in [-0.2, -0.15) is 0 Å². The van der Waals surface area contributed by atoms with Gasteiger partial charge in [0.15, 0.2) is 6.10 Å². The van der Waals surface area contributed by atoms with E-state index in [1.54, 1.807) is 19.9 Å². The molecule has 5 atom stereocenters. The molecule has 5 unspecified atom stereocenters. The first-order chi connectivity index (χ1) is 16.5. The molecular formula is C23H28O12. The minimum atomic E-state index is -1.91. The van der Waals surface area contributed by atoms with Crippen LogP contribution in [0.3, 0.4) is 0 Å². The van der Waals surface area contributed by atoms with E-state index in [2.05, 4.69) is 0 Å². The van der Waals surface area contributed by atoms with E-state index in [1.165, 1.54) is 7.11 Å². The van der Waals surface area contributed by atoms with Crippen molar-refractivity contribution in [3.05, 3.63) is 33.9 Å². The molecule has 0 amide bonds. The Hall–Kier alpha value is -3.19. The Balaban J connectivity index is 2.07. The molecule has 3 rings (SSSR count). The zero-order valence-corrected chi connectivity index (χ0v) is 19.4. The summed E-state index contributed by atoms with van der Waals surface area (Å²) in [6.45, 7) is 3.40. The van der Waals surface area contributed by atoms with Gasteiger partial charge in [0.25, 0.3) is 0 Å². The number of carboxylic acid groups (broad SMARTS) is 2. The number of carbonyl (C=O) groups excluding carboxylic acids is 1. The molecule has 0 bridgehead atoms. The van der Waals surface area contributed by atoms with Crippen molar-refractivity contribution >= 4 is 17.9 Å². The van der Waals surface area contributed by atoms with E-state index in [0.29, 0.717) is 22.4 Å². The minimum absolute atomic E-state index is 0.0400. The maximum Gasteiger partial charge on any atom is 0.342 e. The van der Waals surface area contributed by atoms with Crippen molar-refractivity contribution in [2.75, 3.05) is 7.11 Å². The topological polar surface area (TPSA) is 189 Å². The highest BCUT2D eigenvalue weighted by atomic mass is 16.7. The van der Waals surface area contributed by atoms with E-state index in [9.17, 15) is 34.8 Å². The number of esters is 1. The van der Waals surface area contributed by atoms with Crippen molar-refractivity contribution in [1.82, 2.24) is 0 Å². The second-order valence-corrected chi connectivity index (χ2v) is 8.40. The molecule has 2 heterocycles. The summed E-state index contributed by atoms with van der Waals surface area (Å²) in [4.78, 5) is 35.0. The molecule has 2 aliphatic rings. The monoisotopic (exact) mass is 496 g/mol. The van der Waals surface area contributed by atoms with E-state index in [4.69, 9.17) is 24.1 Å². The van der Waals surface area contributed by atoms with Gasteiger partial charge in [0.2, 0.25) is 6.29 Å². The molecule has 1 saturated heterocycles. The van der Waals surface area contributed by atoms with Crippen LogP contribution >= 0.6 is 0 Å². The number of carbonyl (C=O) groups is 3. The van der Waals surface area contributed by atoms with Gasteiger partial charge < -0.3 is 44.5 Å². The van der Waals surface area contributed by atoms with Crippen molar-refractivity contribution in [2.45, 2.75) is 70.4 Å². The Morgan fingerprint density at radius 1 is 1.09 bits per heavy atom. The van der Waals surface area contributed by atoms with Crippen molar-refractivity contribution in [1.29, 1.82) is 0 Å². The number of hydrogen-bond donors (Lipinski definition) is 5. The fraction of sp³-hybridized carbons (Fsp3) is 0.522. The fourth-order valence-electron chi connectivity index (χ4n) is 4.09. The highest BCUT2D eigenvalue weighted by molar-refractivity contribution is 5.98. The summed E-state index contributed by atoms with van der Waals surface area (Å²) in [7, 11) is 1.41. The number of rotatable bonds is 9. The van der Waals surface area contributed by atoms with Crippen LogP contribution in [0.2, 0.25) is 0 Å². The predicted molar refractivity (Wildman–Crippen MR) is 116 cm³/mol. The number of aliphatic hydroxyl groups excluding tert-OH is 3. The van der Waals surface area contributed by atoms with Gasteiger partial charge >= 0.3 is 17.9 Å². The van der Waals surface area contributed by atoms with Gasteiger partial charge in [-0.25, -0.2) is 9.59 Å². The zero-order valence-electron chi connectivity index (χ0n) is 19.4. The van der Waals surface area contributed by atoms with E-state index in [1.807, 2.05) is 0 Å². The normalized spacial score (nSPS) is 26.2. The lowest BCUT2D eigenvalue weighted by molar-refractivity contribution is -0.271. The highest BCUT2D eigenvalue weighted by Crippen LogP contribution is 2.44. The van der Waals surface area contributed by atoms with Crippen LogP contribution in [0, 0.1) is 6.92 Å². The lowest BCUT2D eigenvalue weighted by Gasteiger charge is -2.39. The van der Waals surface area contributed by atoms with E-state index in [-0.39, 0.29) is 37.2 Å². The van der Waals surface area contributed by atoms with Crippen LogP contribution in [0.4, 0.5) is 0 Å². The molecule has 2 aliphatic heterocycles. The molecule has 1 aromatic rings. The molecule has 0 saturated carbocycles. The van der Waals surface area contributed by atoms with Gasteiger partial charge in [0, 0.05) is 17.5 Å². The van der Waals surface area contributed by atoms with Crippen molar-refractivity contribution in [3.63, 3.8) is 0 Å². The lowest BCUT2D eigenvalue weighted by atomic mass is 9.94. The van der Waals surface area contributed by atoms with Gasteiger partial charge in [-0.05, 0) is 32.3 Å². The summed E-state index contributed by atoms with van der Waals surface area (Å²) in [6, 6.07) is 0. The van der Waals surface area contributed by atoms with Crippen molar-refractivity contribution in [3.8, 4) is 11.5 Å². The average molecular weight is 496 g/mol. The summed E-state index contributed by atoms with van der Waals surface area (Å²) in [6.07, 6.45) is -7.23. The van der Waals surface area contributed by atoms with Gasteiger partial charge in [0.05, 0.1) is 7.11 Å². The SMILES string of the molecule is COc1c(C)c2c(c(OC3OC(C(=O)O)C(O)C(O)C3O)c1C/C=C(\C)CCC(=O)O)C(=O)OC2. The number of methoxy groups -OCH3 is 1. The van der Waals surface area contributed by atoms with Crippen LogP contribution in [0.5, 0.6) is 11.5 Å². The molecule has 1 aromatic carbocycles. The maximum atomic E-state index is 12.6. The molecule has 0 aromatic heterocycles. The van der Waals surface area contributed by atoms with Crippen LogP contribution in [-0.4, -0.2) is 81.3 Å². The quantitative estimate of drug-likeness (QED) is 0.233. The van der Waals surface area contributed by atoms with E-state index >= 15 is 0 Å². The van der Waals surface area contributed by atoms with E-state index in [0.717, 1.165) is 5.57 Å². The standard InChI is InChI=1S/C23H28O12/c1-9(5-7-13(24)25)4-6-11-18(32-3)10(2)12-8-33-22(31)14(12)19(11)34-23-17(28)15(26)16(27)20(35-23)21(29)30/h4,15-17,20,23,26-28H,5-8H2,1-3H3,(H,24,25)(H,29,30)/b9-4+. The molecule has 192 valence electrons. The average Bonchev–Trinajstić information content (AvgIpc) is 3.19. The molecule has 1 fully saturated rings. The Bertz CT molecular complexity index is 1050. The Kier molecular flexibility index (Phi) is 8.00. The smallest absolute Gasteiger partial charge is 0.342 e. The van der Waals surface area contributed by atoms with Crippen LogP contribution < -0.4 is 9.47 Å². The third kappa shape index (κ3) is 5.25. The molecule has 0 spiro atoms. The Labute approximate surface area is 200 Å². The number of allylic oxidation sites excluding steroid dienone is 2. The second-order valence-electron chi connectivity index (χ2n) is 8.40. The molecule has 35 heavy (non-hydrogen) atoms. The van der Waals surface area contributed by atoms with Gasteiger partial charge in [-0.1, -0.05) is 11.6 Å². The number of carboxylic acids is 2. The molecule has 5 N–H and O–H groups in total. The number of aliphatic carboxylic acids is 2. The molecule has 12 nitrogen and oxygen atoms in total. The zero-order chi connectivity index (χ0) is 26.0. The van der Waals surface area contributed by atoms with Gasteiger partial charge in [0.1, 0.15) is 42.0 Å². The highest BCUT2D eigenvalue weighted by Gasteiger charge is 2.49. The summed E-state index contributed by atoms with van der Waals surface area (Å²) in [5.41, 5.74) is 2.22. The summed E-state index contributed by atoms with van der Waals surface area (Å²) >= 11 is 0. The number of benzene rings is 1. The number of cyclic esters (lactones) is 1. The maximum absolute atomic E-state index is 12.6. The van der Waals surface area contributed by atoms with Crippen molar-refractivity contribution < 1.29 is 58.9 Å². The van der Waals surface area contributed by atoms with Crippen LogP contribution in [-0.2, 0) is 32.1 Å². The molecular weight excluding hydrogens is 468 g/mol. The fourth-order valence-corrected chi connectivity index (χ4v) is 4.09. The first kappa shape index (κ1) is 26.4. The summed E-state index contributed by atoms with van der Waals surface area (Å²) < 4.78 is 21.8. The van der Waals surface area contributed by atoms with Gasteiger partial charge in [-0.15, -0.1) is 0 Å². The number of aliphatic hydroxyl groups is 3. The lowest BCUT2D eigenvalue weighted by Crippen LogP contribution is -2.61. The Morgan fingerprint density at radius 2 is 1.77 bits per heavy atom. The Morgan fingerprint density at radius 3 is 2.37 bits per heavy atom. The summed E-state index contributed by atoms with van der Waals surface area (Å²) in [5.74, 6) is -2.99. The number of ether oxygens (including phenoxy) is 4. The number of hydrogen-bond acceptors (Lipinski definition) is 10. The van der Waals surface area contributed by atoms with Crippen molar-refractivity contribution in [2.24, 2.45) is 0 Å². The minimum Gasteiger partial charge on any atom is -0.496 e. The number of fused-ring (bicyclic) bond motifs is 1. The first-order valence-electron chi connectivity index (χ1n) is 10.8. The molecule has 12 heteroatoms. The third-order valence-corrected chi connectivity index (χ3v) is 6.06. The van der Waals surface area contributed by atoms with Gasteiger partial charge in [-0.3, -0.25) is 4.79 Å². The predicted octanol–water partition coefficient (Wildman–Crippen LogP) is 0.299. The van der Waals surface area contributed by atoms with Crippen LogP contribution in [0.25, 0.3) is 0 Å². The first-order valence-corrected chi connectivity index (χ1v) is 10.8. The third-order valence-electron chi connectivity index (χ3n) is 6.06. The molecule has 0 aliphatic carbocycles. The molecule has 0 radical (unpaired) electrons. The summed E-state index contributed by atoms with van der Waals surface area (Å²) in [5, 5.41) is 48.8.